The second kappa shape index (κ2) is 6.51. The van der Waals surface area contributed by atoms with E-state index in [9.17, 15) is 12.8 Å². The number of halogens is 1. The van der Waals surface area contributed by atoms with Crippen LogP contribution in [0.5, 0.6) is 0 Å². The summed E-state index contributed by atoms with van der Waals surface area (Å²) in [6, 6.07) is 3.14. The Morgan fingerprint density at radius 3 is 2.40 bits per heavy atom. The fraction of sp³-hybridized carbons (Fsp3) is 0.538. The lowest BCUT2D eigenvalue weighted by Gasteiger charge is -2.29. The number of hydrogen-bond acceptors (Lipinski definition) is 4. The van der Waals surface area contributed by atoms with E-state index in [1.54, 1.807) is 6.92 Å². The third-order valence-electron chi connectivity index (χ3n) is 2.99. The van der Waals surface area contributed by atoms with Crippen LogP contribution >= 0.6 is 0 Å². The van der Waals surface area contributed by atoms with Crippen LogP contribution in [0.15, 0.2) is 23.1 Å². The molecule has 1 aromatic rings. The van der Waals surface area contributed by atoms with Crippen molar-refractivity contribution in [1.29, 1.82) is 0 Å². The van der Waals surface area contributed by atoms with Crippen LogP contribution in [0.4, 0.5) is 10.1 Å². The molecule has 7 heteroatoms. The average molecular weight is 303 g/mol. The molecule has 0 amide bonds. The molecule has 0 radical (unpaired) electrons. The minimum Gasteiger partial charge on any atom is -0.398 e. The minimum atomic E-state index is -3.73. The van der Waals surface area contributed by atoms with Crippen LogP contribution in [0.25, 0.3) is 0 Å². The first kappa shape index (κ1) is 16.9. The molecule has 0 fully saturated rings. The van der Waals surface area contributed by atoms with Crippen LogP contribution in [-0.4, -0.2) is 50.8 Å². The van der Waals surface area contributed by atoms with Crippen molar-refractivity contribution in [2.45, 2.75) is 24.8 Å². The monoisotopic (exact) mass is 303 g/mol. The van der Waals surface area contributed by atoms with Gasteiger partial charge < -0.3 is 10.6 Å². The quantitative estimate of drug-likeness (QED) is 0.806. The van der Waals surface area contributed by atoms with E-state index in [0.717, 1.165) is 12.1 Å². The smallest absolute Gasteiger partial charge is 0.245 e. The second-order valence-electron chi connectivity index (χ2n) is 5.00. The third-order valence-corrected chi connectivity index (χ3v) is 5.15. The first-order chi connectivity index (χ1) is 9.20. The Morgan fingerprint density at radius 1 is 1.35 bits per heavy atom. The highest BCUT2D eigenvalue weighted by Gasteiger charge is 2.29. The van der Waals surface area contributed by atoms with Crippen LogP contribution in [0.3, 0.4) is 0 Å². The fourth-order valence-electron chi connectivity index (χ4n) is 2.22. The molecule has 1 unspecified atom stereocenters. The van der Waals surface area contributed by atoms with E-state index in [1.165, 1.54) is 10.4 Å². The van der Waals surface area contributed by atoms with Gasteiger partial charge in [-0.3, -0.25) is 0 Å². The number of anilines is 1. The number of likely N-dealkylation sites (N-methyl/N-ethyl adjacent to an activating group) is 2. The van der Waals surface area contributed by atoms with Crippen molar-refractivity contribution < 1.29 is 12.8 Å². The maximum Gasteiger partial charge on any atom is 0.245 e. The Labute approximate surface area is 120 Å². The molecule has 0 saturated heterocycles. The summed E-state index contributed by atoms with van der Waals surface area (Å²) in [5.41, 5.74) is 5.58. The molecular weight excluding hydrogens is 281 g/mol. The zero-order valence-electron chi connectivity index (χ0n) is 12.3. The first-order valence-corrected chi connectivity index (χ1v) is 7.85. The Bertz CT molecular complexity index is 561. The molecule has 1 aromatic carbocycles. The molecule has 0 aliphatic carbocycles. The number of sulfonamides is 1. The molecule has 0 heterocycles. The zero-order valence-corrected chi connectivity index (χ0v) is 13.1. The molecule has 20 heavy (non-hydrogen) atoms. The Balaban J connectivity index is 3.18. The van der Waals surface area contributed by atoms with Gasteiger partial charge in [0.2, 0.25) is 10.0 Å². The van der Waals surface area contributed by atoms with E-state index in [0.29, 0.717) is 13.1 Å². The van der Waals surface area contributed by atoms with Crippen molar-refractivity contribution >= 4 is 15.7 Å². The summed E-state index contributed by atoms with van der Waals surface area (Å²) in [6.45, 7) is 4.52. The number of nitrogens with zero attached hydrogens (tertiary/aromatic N) is 2. The van der Waals surface area contributed by atoms with E-state index < -0.39 is 15.8 Å². The summed E-state index contributed by atoms with van der Waals surface area (Å²) in [5.74, 6) is -0.550. The lowest BCUT2D eigenvalue weighted by atomic mass is 10.3. The number of benzene rings is 1. The van der Waals surface area contributed by atoms with Gasteiger partial charge in [0.15, 0.2) is 0 Å². The van der Waals surface area contributed by atoms with Crippen molar-refractivity contribution in [3.05, 3.63) is 24.0 Å². The van der Waals surface area contributed by atoms with Crippen LogP contribution in [0.2, 0.25) is 0 Å². The van der Waals surface area contributed by atoms with Gasteiger partial charge >= 0.3 is 0 Å². The predicted octanol–water partition coefficient (Wildman–Crippen LogP) is 1.37. The SMILES string of the molecule is CCN(C(C)CN(C)C)S(=O)(=O)c1ccc(F)cc1N. The number of nitrogens with two attached hydrogens (primary N) is 1. The molecule has 5 nitrogen and oxygen atoms in total. The fourth-order valence-corrected chi connectivity index (χ4v) is 3.95. The summed E-state index contributed by atoms with van der Waals surface area (Å²) in [5, 5.41) is 0. The number of nitrogen functional groups attached to an aromatic ring is 1. The average Bonchev–Trinajstić information content (AvgIpc) is 2.27. The summed E-state index contributed by atoms with van der Waals surface area (Å²) < 4.78 is 39.7. The molecule has 2 N–H and O–H groups in total. The Hall–Kier alpha value is -1.18. The van der Waals surface area contributed by atoms with E-state index in [2.05, 4.69) is 0 Å². The molecule has 0 aromatic heterocycles. The Kier molecular flexibility index (Phi) is 5.50. The first-order valence-electron chi connectivity index (χ1n) is 6.41. The highest BCUT2D eigenvalue weighted by atomic mass is 32.2. The maximum absolute atomic E-state index is 13.1. The number of hydrogen-bond donors (Lipinski definition) is 1. The van der Waals surface area contributed by atoms with E-state index in [-0.39, 0.29) is 16.6 Å². The van der Waals surface area contributed by atoms with Crippen LogP contribution in [-0.2, 0) is 10.0 Å². The van der Waals surface area contributed by atoms with Gasteiger partial charge in [-0.25, -0.2) is 12.8 Å². The molecule has 0 spiro atoms. The zero-order chi connectivity index (χ0) is 15.5. The molecule has 114 valence electrons. The summed E-state index contributed by atoms with van der Waals surface area (Å²) >= 11 is 0. The van der Waals surface area contributed by atoms with Gasteiger partial charge in [0.05, 0.1) is 5.69 Å². The maximum atomic E-state index is 13.1. The molecule has 0 bridgehead atoms. The van der Waals surface area contributed by atoms with Gasteiger partial charge in [-0.05, 0) is 39.2 Å². The standard InChI is InChI=1S/C13H22FN3O2S/c1-5-17(10(2)9-16(3)4)20(18,19)13-7-6-11(14)8-12(13)15/h6-8,10H,5,9,15H2,1-4H3. The van der Waals surface area contributed by atoms with Crippen molar-refractivity contribution in [2.75, 3.05) is 32.9 Å². The van der Waals surface area contributed by atoms with Crippen molar-refractivity contribution in [3.8, 4) is 0 Å². The Morgan fingerprint density at radius 2 is 1.95 bits per heavy atom. The molecule has 0 aliphatic rings. The largest absolute Gasteiger partial charge is 0.398 e. The molecule has 1 atom stereocenters. The van der Waals surface area contributed by atoms with Gasteiger partial charge in [0.1, 0.15) is 10.7 Å². The van der Waals surface area contributed by atoms with E-state index >= 15 is 0 Å². The second-order valence-corrected chi connectivity index (χ2v) is 6.86. The van der Waals surface area contributed by atoms with E-state index in [4.69, 9.17) is 5.73 Å². The summed E-state index contributed by atoms with van der Waals surface area (Å²) in [4.78, 5) is 1.86. The number of rotatable bonds is 6. The lowest BCUT2D eigenvalue weighted by molar-refractivity contribution is 0.271. The molecule has 0 saturated carbocycles. The normalized spacial score (nSPS) is 13.9. The summed E-state index contributed by atoms with van der Waals surface area (Å²) in [7, 11) is 0.0280. The predicted molar refractivity (Wildman–Crippen MR) is 78.4 cm³/mol. The molecule has 0 aliphatic heterocycles. The van der Waals surface area contributed by atoms with Crippen molar-refractivity contribution in [2.24, 2.45) is 0 Å². The van der Waals surface area contributed by atoms with Gasteiger partial charge in [-0.15, -0.1) is 0 Å². The van der Waals surface area contributed by atoms with Crippen LogP contribution in [0, 0.1) is 5.82 Å². The molecule has 1 rings (SSSR count). The van der Waals surface area contributed by atoms with Crippen molar-refractivity contribution in [1.82, 2.24) is 9.21 Å². The van der Waals surface area contributed by atoms with Crippen molar-refractivity contribution in [3.63, 3.8) is 0 Å². The lowest BCUT2D eigenvalue weighted by Crippen LogP contribution is -2.43. The summed E-state index contributed by atoms with van der Waals surface area (Å²) in [6.07, 6.45) is 0. The van der Waals surface area contributed by atoms with Crippen LogP contribution in [0.1, 0.15) is 13.8 Å². The van der Waals surface area contributed by atoms with Gasteiger partial charge in [0, 0.05) is 19.1 Å². The molecular formula is C13H22FN3O2S. The van der Waals surface area contributed by atoms with Gasteiger partial charge in [-0.1, -0.05) is 6.92 Å². The highest BCUT2D eigenvalue weighted by Crippen LogP contribution is 2.24. The van der Waals surface area contributed by atoms with E-state index in [1.807, 2.05) is 25.9 Å². The highest BCUT2D eigenvalue weighted by molar-refractivity contribution is 7.89. The van der Waals surface area contributed by atoms with Gasteiger partial charge in [0.25, 0.3) is 0 Å². The minimum absolute atomic E-state index is 0.0497. The van der Waals surface area contributed by atoms with Crippen LogP contribution < -0.4 is 5.73 Å². The third kappa shape index (κ3) is 3.68. The topological polar surface area (TPSA) is 66.6 Å². The van der Waals surface area contributed by atoms with Gasteiger partial charge in [-0.2, -0.15) is 4.31 Å².